The van der Waals surface area contributed by atoms with Crippen LogP contribution < -0.4 is 10.6 Å². The first-order chi connectivity index (χ1) is 10.9. The second-order valence-electron chi connectivity index (χ2n) is 4.91. The summed E-state index contributed by atoms with van der Waals surface area (Å²) in [5, 5.41) is 6.09. The van der Waals surface area contributed by atoms with E-state index < -0.39 is 17.7 Å². The van der Waals surface area contributed by atoms with Gasteiger partial charge in [0.2, 0.25) is 5.91 Å². The standard InChI is InChI=1S/C16H14Cl2F2N2O/c1-9(11-6-5-10(19)7-14(11)20)21-8-15(23)22-16-12(17)3-2-4-13(16)18/h2-7,9,21H,8H2,1H3,(H,22,23)/t9-/m0/s1. The van der Waals surface area contributed by atoms with Gasteiger partial charge in [0.15, 0.2) is 0 Å². The number of hydrogen-bond donors (Lipinski definition) is 2. The summed E-state index contributed by atoms with van der Waals surface area (Å²) in [5.41, 5.74) is 0.596. The molecule has 1 amide bonds. The topological polar surface area (TPSA) is 41.1 Å². The van der Waals surface area contributed by atoms with Gasteiger partial charge in [0.1, 0.15) is 11.6 Å². The first-order valence-electron chi connectivity index (χ1n) is 6.80. The second-order valence-corrected chi connectivity index (χ2v) is 5.73. The third-order valence-electron chi connectivity index (χ3n) is 3.22. The van der Waals surface area contributed by atoms with E-state index in [2.05, 4.69) is 10.6 Å². The van der Waals surface area contributed by atoms with Crippen LogP contribution in [0.3, 0.4) is 0 Å². The fourth-order valence-corrected chi connectivity index (χ4v) is 2.50. The van der Waals surface area contributed by atoms with E-state index >= 15 is 0 Å². The Bertz CT molecular complexity index is 705. The Kier molecular flexibility index (Phi) is 5.93. The van der Waals surface area contributed by atoms with E-state index in [0.29, 0.717) is 15.7 Å². The molecule has 0 aromatic heterocycles. The molecule has 0 saturated carbocycles. The lowest BCUT2D eigenvalue weighted by molar-refractivity contribution is -0.115. The number of carbonyl (C=O) groups is 1. The van der Waals surface area contributed by atoms with Crippen LogP contribution in [0.4, 0.5) is 14.5 Å². The van der Waals surface area contributed by atoms with E-state index in [9.17, 15) is 13.6 Å². The van der Waals surface area contributed by atoms with Crippen molar-refractivity contribution in [3.8, 4) is 0 Å². The summed E-state index contributed by atoms with van der Waals surface area (Å²) in [7, 11) is 0. The Morgan fingerprint density at radius 2 is 1.83 bits per heavy atom. The van der Waals surface area contributed by atoms with Crippen LogP contribution in [-0.2, 0) is 4.79 Å². The molecule has 23 heavy (non-hydrogen) atoms. The largest absolute Gasteiger partial charge is 0.322 e. The highest BCUT2D eigenvalue weighted by Gasteiger charge is 2.14. The quantitative estimate of drug-likeness (QED) is 0.822. The highest BCUT2D eigenvalue weighted by atomic mass is 35.5. The third kappa shape index (κ3) is 4.64. The van der Waals surface area contributed by atoms with Crippen molar-refractivity contribution in [3.05, 3.63) is 63.6 Å². The molecular formula is C16H14Cl2F2N2O. The Morgan fingerprint density at radius 1 is 1.17 bits per heavy atom. The number of benzene rings is 2. The molecule has 3 nitrogen and oxygen atoms in total. The second kappa shape index (κ2) is 7.73. The minimum absolute atomic E-state index is 0.0838. The lowest BCUT2D eigenvalue weighted by Gasteiger charge is -2.15. The molecule has 0 unspecified atom stereocenters. The van der Waals surface area contributed by atoms with E-state index in [4.69, 9.17) is 23.2 Å². The van der Waals surface area contributed by atoms with Crippen LogP contribution in [0.1, 0.15) is 18.5 Å². The van der Waals surface area contributed by atoms with Crippen LogP contribution in [0.5, 0.6) is 0 Å². The van der Waals surface area contributed by atoms with Crippen LogP contribution in [0.2, 0.25) is 10.0 Å². The molecule has 0 bridgehead atoms. The Balaban J connectivity index is 1.96. The van der Waals surface area contributed by atoms with Crippen LogP contribution in [-0.4, -0.2) is 12.5 Å². The monoisotopic (exact) mass is 358 g/mol. The maximum Gasteiger partial charge on any atom is 0.238 e. The van der Waals surface area contributed by atoms with Crippen molar-refractivity contribution in [1.82, 2.24) is 5.32 Å². The minimum atomic E-state index is -0.667. The number of anilines is 1. The molecule has 2 aromatic carbocycles. The predicted molar refractivity (Wildman–Crippen MR) is 87.9 cm³/mol. The van der Waals surface area contributed by atoms with Crippen LogP contribution in [0.15, 0.2) is 36.4 Å². The summed E-state index contributed by atoms with van der Waals surface area (Å²) in [5.74, 6) is -1.70. The first-order valence-corrected chi connectivity index (χ1v) is 7.56. The number of carbonyl (C=O) groups excluding carboxylic acids is 1. The summed E-state index contributed by atoms with van der Waals surface area (Å²) in [6.07, 6.45) is 0. The van der Waals surface area contributed by atoms with Crippen LogP contribution in [0.25, 0.3) is 0 Å². The number of halogens is 4. The fraction of sp³-hybridized carbons (Fsp3) is 0.188. The van der Waals surface area contributed by atoms with Gasteiger partial charge in [-0.15, -0.1) is 0 Å². The molecule has 122 valence electrons. The summed E-state index contributed by atoms with van der Waals surface area (Å²) >= 11 is 11.9. The van der Waals surface area contributed by atoms with E-state index in [1.807, 2.05) is 0 Å². The lowest BCUT2D eigenvalue weighted by Crippen LogP contribution is -2.30. The van der Waals surface area contributed by atoms with Crippen LogP contribution in [0, 0.1) is 11.6 Å². The smallest absolute Gasteiger partial charge is 0.238 e. The van der Waals surface area contributed by atoms with Gasteiger partial charge in [-0.05, 0) is 25.1 Å². The zero-order valence-corrected chi connectivity index (χ0v) is 13.7. The highest BCUT2D eigenvalue weighted by molar-refractivity contribution is 6.39. The van der Waals surface area contributed by atoms with Gasteiger partial charge < -0.3 is 10.6 Å². The van der Waals surface area contributed by atoms with Gasteiger partial charge >= 0.3 is 0 Å². The molecule has 0 radical (unpaired) electrons. The SMILES string of the molecule is C[C@H](NCC(=O)Nc1c(Cl)cccc1Cl)c1ccc(F)cc1F. The Hall–Kier alpha value is -1.69. The predicted octanol–water partition coefficient (Wildman–Crippen LogP) is 4.56. The highest BCUT2D eigenvalue weighted by Crippen LogP contribution is 2.29. The minimum Gasteiger partial charge on any atom is -0.322 e. The molecule has 7 heteroatoms. The number of nitrogens with one attached hydrogen (secondary N) is 2. The number of hydrogen-bond acceptors (Lipinski definition) is 2. The molecule has 1 atom stereocenters. The van der Waals surface area contributed by atoms with Gasteiger partial charge in [0.05, 0.1) is 22.3 Å². The van der Waals surface area contributed by atoms with Gasteiger partial charge in [0, 0.05) is 17.7 Å². The van der Waals surface area contributed by atoms with Gasteiger partial charge in [-0.25, -0.2) is 8.78 Å². The molecule has 0 spiro atoms. The Labute approximate surface area is 142 Å². The van der Waals surface area contributed by atoms with Crippen molar-refractivity contribution >= 4 is 34.8 Å². The number of para-hydroxylation sites is 1. The summed E-state index contributed by atoms with van der Waals surface area (Å²) in [6, 6.07) is 7.71. The molecule has 0 aliphatic heterocycles. The maximum atomic E-state index is 13.7. The molecule has 0 saturated heterocycles. The zero-order valence-electron chi connectivity index (χ0n) is 12.2. The van der Waals surface area contributed by atoms with Gasteiger partial charge in [0.25, 0.3) is 0 Å². The van der Waals surface area contributed by atoms with Crippen molar-refractivity contribution < 1.29 is 13.6 Å². The first kappa shape index (κ1) is 17.7. The van der Waals surface area contributed by atoms with E-state index in [1.165, 1.54) is 12.1 Å². The van der Waals surface area contributed by atoms with Gasteiger partial charge in [-0.2, -0.15) is 0 Å². The number of rotatable bonds is 5. The summed E-state index contributed by atoms with van der Waals surface area (Å²) in [4.78, 5) is 11.9. The third-order valence-corrected chi connectivity index (χ3v) is 3.85. The lowest BCUT2D eigenvalue weighted by atomic mass is 10.1. The summed E-state index contributed by atoms with van der Waals surface area (Å²) < 4.78 is 26.6. The van der Waals surface area contributed by atoms with Crippen molar-refractivity contribution in [1.29, 1.82) is 0 Å². The molecule has 0 heterocycles. The van der Waals surface area contributed by atoms with Crippen molar-refractivity contribution in [2.24, 2.45) is 0 Å². The Morgan fingerprint density at radius 3 is 2.43 bits per heavy atom. The molecular weight excluding hydrogens is 345 g/mol. The molecule has 0 fully saturated rings. The van der Waals surface area contributed by atoms with Crippen molar-refractivity contribution in [3.63, 3.8) is 0 Å². The maximum absolute atomic E-state index is 13.7. The van der Waals surface area contributed by atoms with E-state index in [-0.39, 0.29) is 18.0 Å². The average Bonchev–Trinajstić information content (AvgIpc) is 2.49. The molecule has 2 aromatic rings. The van der Waals surface area contributed by atoms with Gasteiger partial charge in [-0.1, -0.05) is 35.3 Å². The molecule has 2 rings (SSSR count). The fourth-order valence-electron chi connectivity index (χ4n) is 2.01. The van der Waals surface area contributed by atoms with E-state index in [1.54, 1.807) is 25.1 Å². The molecule has 2 N–H and O–H groups in total. The van der Waals surface area contributed by atoms with Crippen molar-refractivity contribution in [2.75, 3.05) is 11.9 Å². The number of amides is 1. The van der Waals surface area contributed by atoms with Crippen molar-refractivity contribution in [2.45, 2.75) is 13.0 Å². The molecule has 0 aliphatic carbocycles. The summed E-state index contributed by atoms with van der Waals surface area (Å²) in [6.45, 7) is 1.59. The van der Waals surface area contributed by atoms with Crippen LogP contribution >= 0.6 is 23.2 Å². The normalized spacial score (nSPS) is 12.0. The average molecular weight is 359 g/mol. The molecule has 0 aliphatic rings. The zero-order chi connectivity index (χ0) is 17.0. The van der Waals surface area contributed by atoms with E-state index in [0.717, 1.165) is 6.07 Å². The van der Waals surface area contributed by atoms with Gasteiger partial charge in [-0.3, -0.25) is 4.79 Å².